The molecule has 0 saturated heterocycles. The van der Waals surface area contributed by atoms with E-state index >= 15 is 0 Å². The first-order chi connectivity index (χ1) is 9.70. The molecule has 0 aromatic rings. The maximum absolute atomic E-state index is 11.8. The van der Waals surface area contributed by atoms with Crippen LogP contribution in [0.4, 0.5) is 0 Å². The van der Waals surface area contributed by atoms with Crippen molar-refractivity contribution in [2.45, 2.75) is 64.9 Å². The highest BCUT2D eigenvalue weighted by Gasteiger charge is 2.46. The Kier molecular flexibility index (Phi) is 4.30. The fraction of sp³-hybridized carbons (Fsp3) is 0.833. The van der Waals surface area contributed by atoms with E-state index < -0.39 is 0 Å². The van der Waals surface area contributed by atoms with E-state index in [9.17, 15) is 4.79 Å². The lowest BCUT2D eigenvalue weighted by Gasteiger charge is -2.40. The van der Waals surface area contributed by atoms with Crippen molar-refractivity contribution in [3.8, 4) is 0 Å². The minimum absolute atomic E-state index is 0.255. The molecular formula is C18H28O2. The molecule has 20 heavy (non-hydrogen) atoms. The lowest BCUT2D eigenvalue weighted by molar-refractivity contribution is -0.115. The van der Waals surface area contributed by atoms with Crippen LogP contribution in [0.25, 0.3) is 0 Å². The first kappa shape index (κ1) is 14.3. The van der Waals surface area contributed by atoms with Crippen LogP contribution in [0, 0.1) is 23.7 Å². The Balaban J connectivity index is 1.86. The number of ether oxygens (including phenoxy) is 1. The number of ketones is 1. The lowest BCUT2D eigenvalue weighted by atomic mass is 9.69. The van der Waals surface area contributed by atoms with Crippen LogP contribution >= 0.6 is 0 Å². The summed E-state index contributed by atoms with van der Waals surface area (Å²) in [6.45, 7) is 4.58. The van der Waals surface area contributed by atoms with Gasteiger partial charge in [0.1, 0.15) is 0 Å². The van der Waals surface area contributed by atoms with Crippen molar-refractivity contribution < 1.29 is 9.53 Å². The molecule has 3 aliphatic carbocycles. The maximum atomic E-state index is 11.8. The molecule has 0 heterocycles. The predicted octanol–water partition coefficient (Wildman–Crippen LogP) is 4.14. The third-order valence-electron chi connectivity index (χ3n) is 5.63. The minimum Gasteiger partial charge on any atom is -0.378 e. The van der Waals surface area contributed by atoms with Crippen molar-refractivity contribution in [2.24, 2.45) is 23.7 Å². The van der Waals surface area contributed by atoms with Gasteiger partial charge >= 0.3 is 0 Å². The van der Waals surface area contributed by atoms with Gasteiger partial charge in [0.05, 0.1) is 6.10 Å². The molecule has 2 heteroatoms. The Morgan fingerprint density at radius 3 is 2.45 bits per heavy atom. The van der Waals surface area contributed by atoms with Crippen LogP contribution in [-0.4, -0.2) is 18.5 Å². The molecule has 1 unspecified atom stereocenters. The molecule has 2 saturated carbocycles. The van der Waals surface area contributed by atoms with Crippen molar-refractivity contribution in [1.29, 1.82) is 0 Å². The topological polar surface area (TPSA) is 26.3 Å². The molecule has 3 atom stereocenters. The molecule has 0 aromatic heterocycles. The Bertz CT molecular complexity index is 388. The smallest absolute Gasteiger partial charge is 0.155 e. The van der Waals surface area contributed by atoms with Crippen LogP contribution in [0.15, 0.2) is 11.6 Å². The minimum atomic E-state index is 0.255. The number of allylic oxidation sites excluding steroid dienone is 1. The average molecular weight is 276 g/mol. The molecular weight excluding hydrogens is 248 g/mol. The molecule has 112 valence electrons. The van der Waals surface area contributed by atoms with Crippen LogP contribution in [-0.2, 0) is 9.53 Å². The third kappa shape index (κ3) is 2.86. The van der Waals surface area contributed by atoms with E-state index in [0.717, 1.165) is 30.4 Å². The summed E-state index contributed by atoms with van der Waals surface area (Å²) in [4.78, 5) is 11.8. The lowest BCUT2D eigenvalue weighted by Crippen LogP contribution is -2.39. The summed E-state index contributed by atoms with van der Waals surface area (Å²) in [5.74, 6) is 3.21. The SMILES string of the molecule is CCO[C@@H]1CC(C(C)=O)=C[C@H](C2CC2)C1C1CCCC1. The molecule has 0 aliphatic heterocycles. The highest BCUT2D eigenvalue weighted by Crippen LogP contribution is 2.51. The second-order valence-electron chi connectivity index (χ2n) is 6.98. The van der Waals surface area contributed by atoms with E-state index in [1.165, 1.54) is 38.5 Å². The highest BCUT2D eigenvalue weighted by molar-refractivity contribution is 5.93. The zero-order valence-electron chi connectivity index (χ0n) is 12.9. The Morgan fingerprint density at radius 2 is 1.90 bits per heavy atom. The number of carbonyl (C=O) groups is 1. The fourth-order valence-electron chi connectivity index (χ4n) is 4.55. The summed E-state index contributed by atoms with van der Waals surface area (Å²) >= 11 is 0. The molecule has 2 fully saturated rings. The van der Waals surface area contributed by atoms with Crippen molar-refractivity contribution in [3.05, 3.63) is 11.6 Å². The largest absolute Gasteiger partial charge is 0.378 e. The summed E-state index contributed by atoms with van der Waals surface area (Å²) in [7, 11) is 0. The van der Waals surface area contributed by atoms with Gasteiger partial charge in [-0.1, -0.05) is 31.8 Å². The summed E-state index contributed by atoms with van der Waals surface area (Å²) in [5, 5.41) is 0. The Morgan fingerprint density at radius 1 is 1.20 bits per heavy atom. The molecule has 0 N–H and O–H groups in total. The summed E-state index contributed by atoms with van der Waals surface area (Å²) in [5.41, 5.74) is 1.04. The van der Waals surface area contributed by atoms with Gasteiger partial charge in [-0.3, -0.25) is 4.79 Å². The zero-order valence-corrected chi connectivity index (χ0v) is 12.9. The number of hydrogen-bond acceptors (Lipinski definition) is 2. The predicted molar refractivity (Wildman–Crippen MR) is 80.5 cm³/mol. The summed E-state index contributed by atoms with van der Waals surface area (Å²) in [6, 6.07) is 0. The quantitative estimate of drug-likeness (QED) is 0.754. The van der Waals surface area contributed by atoms with Crippen LogP contribution in [0.2, 0.25) is 0 Å². The Labute approximate surface area is 123 Å². The van der Waals surface area contributed by atoms with Gasteiger partial charge in [0, 0.05) is 13.0 Å². The summed E-state index contributed by atoms with van der Waals surface area (Å²) in [6.07, 6.45) is 11.7. The third-order valence-corrected chi connectivity index (χ3v) is 5.63. The van der Waals surface area contributed by atoms with Crippen LogP contribution in [0.1, 0.15) is 58.8 Å². The van der Waals surface area contributed by atoms with Crippen molar-refractivity contribution in [1.82, 2.24) is 0 Å². The van der Waals surface area contributed by atoms with Gasteiger partial charge in [-0.15, -0.1) is 0 Å². The van der Waals surface area contributed by atoms with Gasteiger partial charge in [0.15, 0.2) is 5.78 Å². The fourth-order valence-corrected chi connectivity index (χ4v) is 4.55. The van der Waals surface area contributed by atoms with Crippen molar-refractivity contribution in [3.63, 3.8) is 0 Å². The van der Waals surface area contributed by atoms with Gasteiger partial charge in [0.25, 0.3) is 0 Å². The van der Waals surface area contributed by atoms with Crippen LogP contribution < -0.4 is 0 Å². The molecule has 0 aromatic carbocycles. The highest BCUT2D eigenvalue weighted by atomic mass is 16.5. The van der Waals surface area contributed by atoms with Gasteiger partial charge in [-0.2, -0.15) is 0 Å². The molecule has 2 nitrogen and oxygen atoms in total. The second kappa shape index (κ2) is 6.01. The van der Waals surface area contributed by atoms with Gasteiger partial charge in [-0.25, -0.2) is 0 Å². The van der Waals surface area contributed by atoms with Crippen LogP contribution in [0.3, 0.4) is 0 Å². The molecule has 3 aliphatic rings. The molecule has 0 amide bonds. The van der Waals surface area contributed by atoms with Crippen molar-refractivity contribution >= 4 is 5.78 Å². The van der Waals surface area contributed by atoms with E-state index in [4.69, 9.17) is 4.74 Å². The monoisotopic (exact) mass is 276 g/mol. The maximum Gasteiger partial charge on any atom is 0.155 e. The van der Waals surface area contributed by atoms with Gasteiger partial charge in [-0.05, 0) is 55.9 Å². The molecule has 3 rings (SSSR count). The average Bonchev–Trinajstić information content (AvgIpc) is 3.14. The molecule has 0 spiro atoms. The Hall–Kier alpha value is -0.630. The van der Waals surface area contributed by atoms with Crippen molar-refractivity contribution in [2.75, 3.05) is 6.61 Å². The van der Waals surface area contributed by atoms with E-state index in [-0.39, 0.29) is 11.9 Å². The van der Waals surface area contributed by atoms with Gasteiger partial charge < -0.3 is 4.74 Å². The first-order valence-electron chi connectivity index (χ1n) is 8.54. The molecule has 0 bridgehead atoms. The number of rotatable bonds is 5. The van der Waals surface area contributed by atoms with Crippen LogP contribution in [0.5, 0.6) is 0 Å². The van der Waals surface area contributed by atoms with E-state index in [2.05, 4.69) is 13.0 Å². The second-order valence-corrected chi connectivity index (χ2v) is 6.98. The standard InChI is InChI=1S/C18H28O2/c1-3-20-17-11-15(12(2)19)10-16(13-8-9-13)18(17)14-6-4-5-7-14/h10,13-14,16-18H,3-9,11H2,1-2H3/t16-,17-,18?/m1/s1. The zero-order chi connectivity index (χ0) is 14.1. The normalized spacial score (nSPS) is 35.1. The number of Topliss-reactive ketones (excluding diaryl/α,β-unsaturated/α-hetero) is 1. The van der Waals surface area contributed by atoms with E-state index in [0.29, 0.717) is 11.8 Å². The van der Waals surface area contributed by atoms with Gasteiger partial charge in [0.2, 0.25) is 0 Å². The first-order valence-corrected chi connectivity index (χ1v) is 8.54. The summed E-state index contributed by atoms with van der Waals surface area (Å²) < 4.78 is 6.10. The van der Waals surface area contributed by atoms with E-state index in [1.807, 2.05) is 0 Å². The van der Waals surface area contributed by atoms with E-state index in [1.54, 1.807) is 6.92 Å². The molecule has 0 radical (unpaired) electrons. The number of hydrogen-bond donors (Lipinski definition) is 0. The number of carbonyl (C=O) groups excluding carboxylic acids is 1.